The lowest BCUT2D eigenvalue weighted by Gasteiger charge is -2.32. The third-order valence-corrected chi connectivity index (χ3v) is 5.86. The van der Waals surface area contributed by atoms with Gasteiger partial charge in [-0.25, -0.2) is 0 Å². The van der Waals surface area contributed by atoms with Crippen LogP contribution in [0.2, 0.25) is 5.02 Å². The van der Waals surface area contributed by atoms with Gasteiger partial charge in [0.05, 0.1) is 48.4 Å². The fourth-order valence-electron chi connectivity index (χ4n) is 3.92. The van der Waals surface area contributed by atoms with Crippen LogP contribution in [0.5, 0.6) is 11.5 Å². The van der Waals surface area contributed by atoms with Crippen molar-refractivity contribution < 1.29 is 19.1 Å². The number of methoxy groups -OCH3 is 2. The van der Waals surface area contributed by atoms with Crippen molar-refractivity contribution in [1.82, 2.24) is 15.1 Å². The molecule has 1 N–H and O–H groups in total. The second-order valence-corrected chi connectivity index (χ2v) is 7.77. The van der Waals surface area contributed by atoms with Crippen molar-refractivity contribution in [2.45, 2.75) is 12.5 Å². The van der Waals surface area contributed by atoms with Crippen LogP contribution >= 0.6 is 11.6 Å². The number of hydrogen-bond acceptors (Lipinski definition) is 5. The number of amides is 2. The molecule has 9 heteroatoms. The van der Waals surface area contributed by atoms with Crippen LogP contribution in [0.15, 0.2) is 48.7 Å². The van der Waals surface area contributed by atoms with E-state index in [0.717, 1.165) is 5.69 Å². The van der Waals surface area contributed by atoms with Crippen molar-refractivity contribution in [3.05, 3.63) is 70.5 Å². The summed E-state index contributed by atoms with van der Waals surface area (Å²) in [6.45, 7) is 0.416. The van der Waals surface area contributed by atoms with E-state index in [0.29, 0.717) is 46.3 Å². The van der Waals surface area contributed by atoms with E-state index >= 15 is 0 Å². The lowest BCUT2D eigenvalue weighted by molar-refractivity contribution is 0.0931. The lowest BCUT2D eigenvalue weighted by Crippen LogP contribution is -2.41. The van der Waals surface area contributed by atoms with Crippen molar-refractivity contribution in [3.63, 3.8) is 0 Å². The summed E-state index contributed by atoms with van der Waals surface area (Å²) in [7, 11) is 4.86. The van der Waals surface area contributed by atoms with Crippen molar-refractivity contribution in [2.75, 3.05) is 25.7 Å². The van der Waals surface area contributed by atoms with Gasteiger partial charge in [0.2, 0.25) is 0 Å². The van der Waals surface area contributed by atoms with E-state index in [9.17, 15) is 9.59 Å². The number of aromatic nitrogens is 2. The van der Waals surface area contributed by atoms with Gasteiger partial charge in [0.15, 0.2) is 11.5 Å². The minimum atomic E-state index is -0.310. The Morgan fingerprint density at radius 1 is 1.12 bits per heavy atom. The van der Waals surface area contributed by atoms with Crippen LogP contribution in [-0.2, 0) is 7.05 Å². The zero-order valence-electron chi connectivity index (χ0n) is 18.0. The van der Waals surface area contributed by atoms with Gasteiger partial charge in [0.1, 0.15) is 0 Å². The summed E-state index contributed by atoms with van der Waals surface area (Å²) < 4.78 is 12.3. The molecule has 0 saturated heterocycles. The first kappa shape index (κ1) is 21.7. The Hall–Kier alpha value is -3.52. The molecule has 1 atom stereocenters. The summed E-state index contributed by atoms with van der Waals surface area (Å²) in [5, 5.41) is 7.75. The molecule has 0 bridgehead atoms. The van der Waals surface area contributed by atoms with Crippen LogP contribution in [0, 0.1) is 0 Å². The van der Waals surface area contributed by atoms with E-state index in [1.165, 1.54) is 7.11 Å². The SMILES string of the molecule is COc1ccc(C(=O)N2CCC(NC(=O)c3ccccc3Cl)c3c2cnn3C)cc1OC. The molecular weight excluding hydrogens is 432 g/mol. The quantitative estimate of drug-likeness (QED) is 0.636. The predicted molar refractivity (Wildman–Crippen MR) is 121 cm³/mol. The minimum Gasteiger partial charge on any atom is -0.493 e. The number of benzene rings is 2. The van der Waals surface area contributed by atoms with Crippen LogP contribution in [0.25, 0.3) is 0 Å². The number of nitrogens with zero attached hydrogens (tertiary/aromatic N) is 3. The maximum Gasteiger partial charge on any atom is 0.258 e. The number of aryl methyl sites for hydroxylation is 1. The molecule has 32 heavy (non-hydrogen) atoms. The second kappa shape index (κ2) is 8.92. The first-order chi connectivity index (χ1) is 15.4. The smallest absolute Gasteiger partial charge is 0.258 e. The van der Waals surface area contributed by atoms with Crippen LogP contribution in [0.4, 0.5) is 5.69 Å². The molecule has 0 spiro atoms. The summed E-state index contributed by atoms with van der Waals surface area (Å²) in [5.41, 5.74) is 2.28. The zero-order valence-corrected chi connectivity index (χ0v) is 18.7. The Morgan fingerprint density at radius 2 is 1.88 bits per heavy atom. The topological polar surface area (TPSA) is 85.7 Å². The van der Waals surface area contributed by atoms with Gasteiger partial charge in [-0.15, -0.1) is 0 Å². The highest BCUT2D eigenvalue weighted by molar-refractivity contribution is 6.33. The summed E-state index contributed by atoms with van der Waals surface area (Å²) >= 11 is 6.18. The van der Waals surface area contributed by atoms with Gasteiger partial charge in [-0.3, -0.25) is 14.3 Å². The fourth-order valence-corrected chi connectivity index (χ4v) is 4.14. The maximum absolute atomic E-state index is 13.3. The number of halogens is 1. The largest absolute Gasteiger partial charge is 0.493 e. The number of nitrogens with one attached hydrogen (secondary N) is 1. The monoisotopic (exact) mass is 454 g/mol. The van der Waals surface area contributed by atoms with Gasteiger partial charge in [0.25, 0.3) is 11.8 Å². The van der Waals surface area contributed by atoms with Gasteiger partial charge < -0.3 is 19.7 Å². The number of fused-ring (bicyclic) bond motifs is 1. The molecule has 1 aliphatic heterocycles. The second-order valence-electron chi connectivity index (χ2n) is 7.36. The van der Waals surface area contributed by atoms with Crippen molar-refractivity contribution in [2.24, 2.45) is 7.05 Å². The minimum absolute atomic E-state index is 0.184. The standard InChI is InChI=1S/C23H23ClN4O4/c1-27-21-17(26-22(29)15-6-4-5-7-16(15)24)10-11-28(18(21)13-25-27)23(30)14-8-9-19(31-2)20(12-14)32-3/h4-9,12-13,17H,10-11H2,1-3H3,(H,26,29). The molecule has 0 radical (unpaired) electrons. The fraction of sp³-hybridized carbons (Fsp3) is 0.261. The Morgan fingerprint density at radius 3 is 2.59 bits per heavy atom. The highest BCUT2D eigenvalue weighted by atomic mass is 35.5. The van der Waals surface area contributed by atoms with Gasteiger partial charge in [-0.2, -0.15) is 5.10 Å². The van der Waals surface area contributed by atoms with Gasteiger partial charge in [0, 0.05) is 19.2 Å². The third kappa shape index (κ3) is 3.89. The van der Waals surface area contributed by atoms with Crippen molar-refractivity contribution >= 4 is 29.1 Å². The summed E-state index contributed by atoms with van der Waals surface area (Å²) in [6.07, 6.45) is 2.17. The molecule has 1 aromatic heterocycles. The molecular formula is C23H23ClN4O4. The average Bonchev–Trinajstić information content (AvgIpc) is 3.20. The summed E-state index contributed by atoms with van der Waals surface area (Å²) in [6, 6.07) is 11.6. The first-order valence-corrected chi connectivity index (χ1v) is 10.4. The predicted octanol–water partition coefficient (Wildman–Crippen LogP) is 3.61. The highest BCUT2D eigenvalue weighted by Crippen LogP contribution is 2.36. The maximum atomic E-state index is 13.3. The summed E-state index contributed by atoms with van der Waals surface area (Å²) in [4.78, 5) is 27.8. The van der Waals surface area contributed by atoms with Crippen molar-refractivity contribution in [1.29, 1.82) is 0 Å². The first-order valence-electron chi connectivity index (χ1n) is 10.1. The number of ether oxygens (including phenoxy) is 2. The number of rotatable bonds is 5. The van der Waals surface area contributed by atoms with Crippen LogP contribution in [0.1, 0.15) is 38.9 Å². The normalized spacial score (nSPS) is 15.1. The zero-order chi connectivity index (χ0) is 22.8. The molecule has 166 valence electrons. The van der Waals surface area contributed by atoms with Crippen LogP contribution in [0.3, 0.4) is 0 Å². The van der Waals surface area contributed by atoms with E-state index in [-0.39, 0.29) is 17.9 Å². The van der Waals surface area contributed by atoms with E-state index in [2.05, 4.69) is 10.4 Å². The van der Waals surface area contributed by atoms with Gasteiger partial charge in [-0.1, -0.05) is 23.7 Å². The average molecular weight is 455 g/mol. The van der Waals surface area contributed by atoms with Crippen molar-refractivity contribution in [3.8, 4) is 11.5 Å². The molecule has 2 amide bonds. The molecule has 2 heterocycles. The number of anilines is 1. The van der Waals surface area contributed by atoms with E-state index < -0.39 is 0 Å². The Kier molecular flexibility index (Phi) is 6.05. The van der Waals surface area contributed by atoms with E-state index in [1.807, 2.05) is 0 Å². The van der Waals surface area contributed by atoms with Gasteiger partial charge in [-0.05, 0) is 36.8 Å². The molecule has 4 rings (SSSR count). The molecule has 0 saturated carbocycles. The molecule has 3 aromatic rings. The molecule has 8 nitrogen and oxygen atoms in total. The third-order valence-electron chi connectivity index (χ3n) is 5.53. The Balaban J connectivity index is 1.61. The molecule has 0 fully saturated rings. The molecule has 2 aromatic carbocycles. The Bertz CT molecular complexity index is 1180. The lowest BCUT2D eigenvalue weighted by atomic mass is 10.0. The van der Waals surface area contributed by atoms with Crippen LogP contribution in [-0.4, -0.2) is 42.4 Å². The number of carbonyl (C=O) groups is 2. The van der Waals surface area contributed by atoms with Crippen LogP contribution < -0.4 is 19.7 Å². The van der Waals surface area contributed by atoms with E-state index in [4.69, 9.17) is 21.1 Å². The Labute approximate surface area is 190 Å². The molecule has 1 unspecified atom stereocenters. The molecule has 1 aliphatic rings. The molecule has 0 aliphatic carbocycles. The van der Waals surface area contributed by atoms with Gasteiger partial charge >= 0.3 is 0 Å². The number of hydrogen-bond donors (Lipinski definition) is 1. The highest BCUT2D eigenvalue weighted by Gasteiger charge is 2.33. The number of carbonyl (C=O) groups excluding carboxylic acids is 2. The summed E-state index contributed by atoms with van der Waals surface area (Å²) in [5.74, 6) is 0.572. The van der Waals surface area contributed by atoms with E-state index in [1.54, 1.807) is 72.4 Å².